The Kier molecular flexibility index (Phi) is 2.41. The lowest BCUT2D eigenvalue weighted by Gasteiger charge is -1.97. The highest BCUT2D eigenvalue weighted by molar-refractivity contribution is 7.12. The maximum atomic E-state index is 11.7. The average molecular weight is 207 g/mol. The van der Waals surface area contributed by atoms with Gasteiger partial charge in [0.05, 0.1) is 11.3 Å². The van der Waals surface area contributed by atoms with Gasteiger partial charge in [-0.05, 0) is 11.4 Å². The van der Waals surface area contributed by atoms with Gasteiger partial charge < -0.3 is 0 Å². The van der Waals surface area contributed by atoms with Crippen LogP contribution in [-0.4, -0.2) is 20.5 Å². The maximum Gasteiger partial charge on any atom is 0.180 e. The van der Waals surface area contributed by atoms with Gasteiger partial charge in [-0.2, -0.15) is 5.10 Å². The Morgan fingerprint density at radius 3 is 3.07 bits per heavy atom. The molecule has 0 atom stereocenters. The molecule has 2 rings (SSSR count). The average Bonchev–Trinajstić information content (AvgIpc) is 2.77. The highest BCUT2D eigenvalue weighted by Gasteiger charge is 2.10. The zero-order chi connectivity index (χ0) is 9.97. The highest BCUT2D eigenvalue weighted by atomic mass is 32.1. The van der Waals surface area contributed by atoms with Crippen LogP contribution in [-0.2, 0) is 13.5 Å². The van der Waals surface area contributed by atoms with E-state index in [1.807, 2.05) is 17.5 Å². The molecule has 0 aliphatic carbocycles. The van der Waals surface area contributed by atoms with Crippen molar-refractivity contribution in [2.45, 2.75) is 6.42 Å². The van der Waals surface area contributed by atoms with E-state index >= 15 is 0 Å². The van der Waals surface area contributed by atoms with Gasteiger partial charge in [-0.15, -0.1) is 11.3 Å². The second-order valence-electron chi connectivity index (χ2n) is 2.88. The van der Waals surface area contributed by atoms with Crippen LogP contribution in [0.2, 0.25) is 0 Å². The SMILES string of the molecule is Cn1ncnc1CC(=O)c1cccs1. The molecular weight excluding hydrogens is 198 g/mol. The molecule has 0 saturated heterocycles. The van der Waals surface area contributed by atoms with Gasteiger partial charge in [-0.1, -0.05) is 6.07 Å². The summed E-state index contributed by atoms with van der Waals surface area (Å²) in [4.78, 5) is 16.4. The molecule has 14 heavy (non-hydrogen) atoms. The first-order valence-corrected chi connectivity index (χ1v) is 5.05. The van der Waals surface area contributed by atoms with Gasteiger partial charge in [0.15, 0.2) is 5.78 Å². The molecule has 0 bridgehead atoms. The zero-order valence-electron chi connectivity index (χ0n) is 7.67. The van der Waals surface area contributed by atoms with Crippen molar-refractivity contribution in [3.63, 3.8) is 0 Å². The van der Waals surface area contributed by atoms with Crippen LogP contribution in [0.1, 0.15) is 15.5 Å². The predicted molar refractivity (Wildman–Crippen MR) is 53.4 cm³/mol. The fraction of sp³-hybridized carbons (Fsp3) is 0.222. The number of carbonyl (C=O) groups excluding carboxylic acids is 1. The molecule has 0 aliphatic rings. The van der Waals surface area contributed by atoms with E-state index in [0.717, 1.165) is 4.88 Å². The molecule has 0 aliphatic heterocycles. The van der Waals surface area contributed by atoms with Gasteiger partial charge in [0.2, 0.25) is 0 Å². The summed E-state index contributed by atoms with van der Waals surface area (Å²) in [6.07, 6.45) is 1.77. The smallest absolute Gasteiger partial charge is 0.180 e. The van der Waals surface area contributed by atoms with Crippen LogP contribution in [0.3, 0.4) is 0 Å². The Labute approximate surface area is 85.2 Å². The number of Topliss-reactive ketones (excluding diaryl/α,β-unsaturated/α-hetero) is 1. The summed E-state index contributed by atoms with van der Waals surface area (Å²) in [5, 5.41) is 5.80. The molecule has 2 aromatic rings. The van der Waals surface area contributed by atoms with Gasteiger partial charge >= 0.3 is 0 Å². The summed E-state index contributed by atoms with van der Waals surface area (Å²) in [5.74, 6) is 0.791. The Morgan fingerprint density at radius 2 is 2.50 bits per heavy atom. The van der Waals surface area contributed by atoms with E-state index in [4.69, 9.17) is 0 Å². The summed E-state index contributed by atoms with van der Waals surface area (Å²) in [6.45, 7) is 0. The number of hydrogen-bond donors (Lipinski definition) is 0. The summed E-state index contributed by atoms with van der Waals surface area (Å²) in [7, 11) is 1.78. The fourth-order valence-corrected chi connectivity index (χ4v) is 1.81. The Balaban J connectivity index is 2.13. The van der Waals surface area contributed by atoms with Gasteiger partial charge in [-0.3, -0.25) is 9.48 Å². The monoisotopic (exact) mass is 207 g/mol. The van der Waals surface area contributed by atoms with Crippen LogP contribution in [0.25, 0.3) is 0 Å². The van der Waals surface area contributed by atoms with Crippen LogP contribution in [0.4, 0.5) is 0 Å². The van der Waals surface area contributed by atoms with E-state index in [9.17, 15) is 4.79 Å². The molecule has 5 heteroatoms. The van der Waals surface area contributed by atoms with E-state index in [1.54, 1.807) is 11.7 Å². The second-order valence-corrected chi connectivity index (χ2v) is 3.82. The molecule has 0 radical (unpaired) electrons. The number of aryl methyl sites for hydroxylation is 1. The van der Waals surface area contributed by atoms with E-state index in [0.29, 0.717) is 12.2 Å². The Hall–Kier alpha value is -1.49. The van der Waals surface area contributed by atoms with Gasteiger partial charge in [0.1, 0.15) is 12.2 Å². The number of hydrogen-bond acceptors (Lipinski definition) is 4. The molecule has 0 N–H and O–H groups in total. The molecule has 0 spiro atoms. The van der Waals surface area contributed by atoms with Crippen molar-refractivity contribution in [1.29, 1.82) is 0 Å². The molecule has 4 nitrogen and oxygen atoms in total. The minimum Gasteiger partial charge on any atom is -0.293 e. The van der Waals surface area contributed by atoms with Crippen LogP contribution < -0.4 is 0 Å². The number of carbonyl (C=O) groups is 1. The Morgan fingerprint density at radius 1 is 1.64 bits per heavy atom. The number of nitrogens with zero attached hydrogens (tertiary/aromatic N) is 3. The minimum atomic E-state index is 0.0936. The lowest BCUT2D eigenvalue weighted by atomic mass is 10.2. The van der Waals surface area contributed by atoms with Crippen molar-refractivity contribution in [2.24, 2.45) is 7.05 Å². The van der Waals surface area contributed by atoms with Crippen LogP contribution in [0, 0.1) is 0 Å². The molecule has 2 aromatic heterocycles. The van der Waals surface area contributed by atoms with Crippen LogP contribution in [0.15, 0.2) is 23.8 Å². The first-order chi connectivity index (χ1) is 6.77. The van der Waals surface area contributed by atoms with Crippen molar-refractivity contribution >= 4 is 17.1 Å². The summed E-state index contributed by atoms with van der Waals surface area (Å²) >= 11 is 1.45. The first-order valence-electron chi connectivity index (χ1n) is 4.17. The number of ketones is 1. The van der Waals surface area contributed by atoms with Crippen molar-refractivity contribution in [3.8, 4) is 0 Å². The quantitative estimate of drug-likeness (QED) is 0.713. The largest absolute Gasteiger partial charge is 0.293 e. The third-order valence-electron chi connectivity index (χ3n) is 1.92. The van der Waals surface area contributed by atoms with E-state index in [1.165, 1.54) is 17.7 Å². The highest BCUT2D eigenvalue weighted by Crippen LogP contribution is 2.11. The molecule has 2 heterocycles. The van der Waals surface area contributed by atoms with Crippen molar-refractivity contribution in [2.75, 3.05) is 0 Å². The fourth-order valence-electron chi connectivity index (χ4n) is 1.15. The van der Waals surface area contributed by atoms with Crippen molar-refractivity contribution in [3.05, 3.63) is 34.5 Å². The third kappa shape index (κ3) is 1.72. The van der Waals surface area contributed by atoms with Crippen LogP contribution >= 0.6 is 11.3 Å². The molecule has 0 unspecified atom stereocenters. The maximum absolute atomic E-state index is 11.7. The van der Waals surface area contributed by atoms with Crippen molar-refractivity contribution < 1.29 is 4.79 Å². The number of aromatic nitrogens is 3. The summed E-state index contributed by atoms with van der Waals surface area (Å²) in [6, 6.07) is 3.69. The van der Waals surface area contributed by atoms with Gasteiger partial charge in [0, 0.05) is 7.05 Å². The second kappa shape index (κ2) is 3.71. The molecule has 72 valence electrons. The lowest BCUT2D eigenvalue weighted by molar-refractivity contribution is 0.0993. The van der Waals surface area contributed by atoms with E-state index < -0.39 is 0 Å². The minimum absolute atomic E-state index is 0.0936. The normalized spacial score (nSPS) is 10.4. The number of rotatable bonds is 3. The standard InChI is InChI=1S/C9H9N3OS/c1-12-9(10-6-11-12)5-7(13)8-3-2-4-14-8/h2-4,6H,5H2,1H3. The molecular formula is C9H9N3OS. The third-order valence-corrected chi connectivity index (χ3v) is 2.83. The van der Waals surface area contributed by atoms with E-state index in [-0.39, 0.29) is 5.78 Å². The predicted octanol–water partition coefficient (Wildman–Crippen LogP) is 1.30. The Bertz CT molecular complexity index is 433. The van der Waals surface area contributed by atoms with E-state index in [2.05, 4.69) is 10.1 Å². The topological polar surface area (TPSA) is 47.8 Å². The van der Waals surface area contributed by atoms with Crippen molar-refractivity contribution in [1.82, 2.24) is 14.8 Å². The lowest BCUT2D eigenvalue weighted by Crippen LogP contribution is -2.07. The molecule has 0 fully saturated rings. The molecule has 0 amide bonds. The molecule has 0 saturated carbocycles. The summed E-state index contributed by atoms with van der Waals surface area (Å²) < 4.78 is 1.62. The van der Waals surface area contributed by atoms with Crippen LogP contribution in [0.5, 0.6) is 0 Å². The zero-order valence-corrected chi connectivity index (χ0v) is 8.49. The summed E-state index contributed by atoms with van der Waals surface area (Å²) in [5.41, 5.74) is 0. The van der Waals surface area contributed by atoms with Gasteiger partial charge in [-0.25, -0.2) is 4.98 Å². The van der Waals surface area contributed by atoms with Gasteiger partial charge in [0.25, 0.3) is 0 Å². The first kappa shape index (κ1) is 9.08. The molecule has 0 aromatic carbocycles. The number of thiophene rings is 1.